The smallest absolute Gasteiger partial charge is 0.335 e. The summed E-state index contributed by atoms with van der Waals surface area (Å²) in [4.78, 5) is 13.2. The molecule has 1 aliphatic rings. The molecule has 2 rings (SSSR count). The third-order valence-electron chi connectivity index (χ3n) is 3.65. The van der Waals surface area contributed by atoms with E-state index in [4.69, 9.17) is 9.84 Å². The molecule has 0 aliphatic carbocycles. The Morgan fingerprint density at radius 2 is 2.28 bits per heavy atom. The van der Waals surface area contributed by atoms with Crippen LogP contribution in [0.25, 0.3) is 0 Å². The lowest BCUT2D eigenvalue weighted by atomic mass is 9.95. The first-order valence-electron chi connectivity index (χ1n) is 6.23. The zero-order chi connectivity index (χ0) is 13.1. The molecule has 0 saturated carbocycles. The minimum atomic E-state index is -0.884. The van der Waals surface area contributed by atoms with Gasteiger partial charge in [0.1, 0.15) is 0 Å². The van der Waals surface area contributed by atoms with Crippen LogP contribution in [0.3, 0.4) is 0 Å². The maximum atomic E-state index is 11.0. The number of methoxy groups -OCH3 is 1. The Bertz CT molecular complexity index is 433. The number of ether oxygens (including phenoxy) is 1. The predicted molar refractivity (Wildman–Crippen MR) is 70.2 cm³/mol. The fourth-order valence-corrected chi connectivity index (χ4v) is 2.41. The molecule has 0 radical (unpaired) electrons. The number of rotatable bonds is 3. The summed E-state index contributed by atoms with van der Waals surface area (Å²) in [6, 6.07) is 7.09. The molecule has 1 N–H and O–H groups in total. The second-order valence-corrected chi connectivity index (χ2v) is 4.84. The largest absolute Gasteiger partial charge is 0.478 e. The van der Waals surface area contributed by atoms with E-state index in [0.29, 0.717) is 11.5 Å². The van der Waals surface area contributed by atoms with Crippen LogP contribution >= 0.6 is 0 Å². The number of aromatic carboxylic acids is 1. The molecule has 98 valence electrons. The molecule has 0 aromatic heterocycles. The quantitative estimate of drug-likeness (QED) is 0.892. The van der Waals surface area contributed by atoms with Crippen molar-refractivity contribution in [3.63, 3.8) is 0 Å². The summed E-state index contributed by atoms with van der Waals surface area (Å²) in [6.07, 6.45) is 1.28. The highest BCUT2D eigenvalue weighted by Gasteiger charge is 2.26. The molecule has 1 saturated heterocycles. The van der Waals surface area contributed by atoms with Gasteiger partial charge in [-0.1, -0.05) is 13.0 Å². The monoisotopic (exact) mass is 249 g/mol. The van der Waals surface area contributed by atoms with E-state index < -0.39 is 5.97 Å². The first-order chi connectivity index (χ1) is 8.61. The van der Waals surface area contributed by atoms with E-state index in [9.17, 15) is 4.79 Å². The fraction of sp³-hybridized carbons (Fsp3) is 0.500. The van der Waals surface area contributed by atoms with Crippen LogP contribution in [0, 0.1) is 5.92 Å². The van der Waals surface area contributed by atoms with Crippen molar-refractivity contribution in [3.8, 4) is 0 Å². The standard InChI is InChI=1S/C14H19NO3/c1-10-6-7-15(9-13(10)18-2)12-5-3-4-11(8-12)14(16)17/h3-5,8,10,13H,6-7,9H2,1-2H3,(H,16,17)/t10-,13+/m1/s1. The van der Waals surface area contributed by atoms with E-state index in [2.05, 4.69) is 11.8 Å². The van der Waals surface area contributed by atoms with Gasteiger partial charge in [0, 0.05) is 25.9 Å². The van der Waals surface area contributed by atoms with Crippen molar-refractivity contribution in [2.45, 2.75) is 19.4 Å². The SMILES string of the molecule is CO[C@H]1CN(c2cccc(C(=O)O)c2)CC[C@H]1C. The molecule has 0 amide bonds. The Morgan fingerprint density at radius 1 is 1.50 bits per heavy atom. The van der Waals surface area contributed by atoms with Crippen molar-refractivity contribution in [1.29, 1.82) is 0 Å². The number of carboxylic acid groups (broad SMARTS) is 1. The van der Waals surface area contributed by atoms with E-state index in [1.54, 1.807) is 25.3 Å². The Labute approximate surface area is 107 Å². The van der Waals surface area contributed by atoms with E-state index >= 15 is 0 Å². The lowest BCUT2D eigenvalue weighted by Crippen LogP contribution is -2.43. The van der Waals surface area contributed by atoms with Crippen molar-refractivity contribution in [2.75, 3.05) is 25.1 Å². The minimum absolute atomic E-state index is 0.215. The molecule has 18 heavy (non-hydrogen) atoms. The van der Waals surface area contributed by atoms with Gasteiger partial charge in [-0.05, 0) is 30.5 Å². The first kappa shape index (κ1) is 12.9. The van der Waals surface area contributed by atoms with Gasteiger partial charge in [-0.2, -0.15) is 0 Å². The molecule has 4 heteroatoms. The second-order valence-electron chi connectivity index (χ2n) is 4.84. The molecule has 1 aromatic rings. The van der Waals surface area contributed by atoms with Crippen LogP contribution in [0.5, 0.6) is 0 Å². The van der Waals surface area contributed by atoms with E-state index in [0.717, 1.165) is 25.2 Å². The van der Waals surface area contributed by atoms with Gasteiger partial charge in [0.25, 0.3) is 0 Å². The first-order valence-corrected chi connectivity index (χ1v) is 6.23. The number of carboxylic acids is 1. The highest BCUT2D eigenvalue weighted by molar-refractivity contribution is 5.88. The molecule has 0 spiro atoms. The third-order valence-corrected chi connectivity index (χ3v) is 3.65. The summed E-state index contributed by atoms with van der Waals surface area (Å²) in [5, 5.41) is 9.00. The number of piperidine rings is 1. The molecule has 0 unspecified atom stereocenters. The Balaban J connectivity index is 2.16. The van der Waals surface area contributed by atoms with Crippen molar-refractivity contribution in [2.24, 2.45) is 5.92 Å². The average molecular weight is 249 g/mol. The second kappa shape index (κ2) is 5.40. The molecule has 2 atom stereocenters. The van der Waals surface area contributed by atoms with Gasteiger partial charge in [-0.15, -0.1) is 0 Å². The maximum absolute atomic E-state index is 11.0. The Kier molecular flexibility index (Phi) is 3.87. The number of hydrogen-bond acceptors (Lipinski definition) is 3. The summed E-state index contributed by atoms with van der Waals surface area (Å²) in [5.74, 6) is -0.334. The lowest BCUT2D eigenvalue weighted by molar-refractivity contribution is 0.0498. The molecule has 4 nitrogen and oxygen atoms in total. The molecule has 1 aromatic carbocycles. The van der Waals surface area contributed by atoms with Crippen molar-refractivity contribution in [3.05, 3.63) is 29.8 Å². The van der Waals surface area contributed by atoms with Crippen LogP contribution < -0.4 is 4.90 Å². The van der Waals surface area contributed by atoms with E-state index in [1.165, 1.54) is 0 Å². The van der Waals surface area contributed by atoms with Crippen LogP contribution in [-0.2, 0) is 4.74 Å². The number of carbonyl (C=O) groups is 1. The van der Waals surface area contributed by atoms with E-state index in [1.807, 2.05) is 6.07 Å². The van der Waals surface area contributed by atoms with Gasteiger partial charge in [0.2, 0.25) is 0 Å². The van der Waals surface area contributed by atoms with Crippen LogP contribution in [-0.4, -0.2) is 37.4 Å². The van der Waals surface area contributed by atoms with E-state index in [-0.39, 0.29) is 6.10 Å². The number of anilines is 1. The molecule has 1 heterocycles. The molecular weight excluding hydrogens is 230 g/mol. The predicted octanol–water partition coefficient (Wildman–Crippen LogP) is 2.25. The molecule has 0 bridgehead atoms. The number of nitrogens with zero attached hydrogens (tertiary/aromatic N) is 1. The summed E-state index contributed by atoms with van der Waals surface area (Å²) in [5.41, 5.74) is 1.30. The Hall–Kier alpha value is -1.55. The number of benzene rings is 1. The topological polar surface area (TPSA) is 49.8 Å². The summed E-state index contributed by atoms with van der Waals surface area (Å²) in [7, 11) is 1.73. The van der Waals surface area contributed by atoms with Crippen LogP contribution in [0.4, 0.5) is 5.69 Å². The summed E-state index contributed by atoms with van der Waals surface area (Å²) < 4.78 is 5.47. The highest BCUT2D eigenvalue weighted by atomic mass is 16.5. The van der Waals surface area contributed by atoms with Crippen LogP contribution in [0.2, 0.25) is 0 Å². The van der Waals surface area contributed by atoms with Gasteiger partial charge in [-0.25, -0.2) is 4.79 Å². The summed E-state index contributed by atoms with van der Waals surface area (Å²) >= 11 is 0. The third kappa shape index (κ3) is 2.64. The molecule has 1 aliphatic heterocycles. The fourth-order valence-electron chi connectivity index (χ4n) is 2.41. The highest BCUT2D eigenvalue weighted by Crippen LogP contribution is 2.25. The van der Waals surface area contributed by atoms with Crippen LogP contribution in [0.1, 0.15) is 23.7 Å². The average Bonchev–Trinajstić information content (AvgIpc) is 2.39. The lowest BCUT2D eigenvalue weighted by Gasteiger charge is -2.37. The van der Waals surface area contributed by atoms with Crippen LogP contribution in [0.15, 0.2) is 24.3 Å². The zero-order valence-corrected chi connectivity index (χ0v) is 10.8. The normalized spacial score (nSPS) is 24.0. The number of hydrogen-bond donors (Lipinski definition) is 1. The van der Waals surface area contributed by atoms with Gasteiger partial charge in [0.05, 0.1) is 11.7 Å². The van der Waals surface area contributed by atoms with Crippen molar-refractivity contribution >= 4 is 11.7 Å². The van der Waals surface area contributed by atoms with Crippen molar-refractivity contribution in [1.82, 2.24) is 0 Å². The van der Waals surface area contributed by atoms with Gasteiger partial charge in [0.15, 0.2) is 0 Å². The van der Waals surface area contributed by atoms with Gasteiger partial charge < -0.3 is 14.7 Å². The Morgan fingerprint density at radius 3 is 2.94 bits per heavy atom. The maximum Gasteiger partial charge on any atom is 0.335 e. The molecular formula is C14H19NO3. The van der Waals surface area contributed by atoms with Gasteiger partial charge >= 0.3 is 5.97 Å². The van der Waals surface area contributed by atoms with Gasteiger partial charge in [-0.3, -0.25) is 0 Å². The summed E-state index contributed by atoms with van der Waals surface area (Å²) in [6.45, 7) is 3.96. The zero-order valence-electron chi connectivity index (χ0n) is 10.8. The minimum Gasteiger partial charge on any atom is -0.478 e. The van der Waals surface area contributed by atoms with Crippen molar-refractivity contribution < 1.29 is 14.6 Å². The molecule has 1 fully saturated rings.